The Morgan fingerprint density at radius 3 is 2.63 bits per heavy atom. The third kappa shape index (κ3) is 3.43. The minimum absolute atomic E-state index is 0.351. The second-order valence-electron chi connectivity index (χ2n) is 3.99. The normalized spacial score (nSPS) is 10.4. The van der Waals surface area contributed by atoms with Crippen molar-refractivity contribution in [3.63, 3.8) is 0 Å². The molecule has 4 N–H and O–H groups in total. The van der Waals surface area contributed by atoms with Gasteiger partial charge < -0.3 is 11.5 Å². The van der Waals surface area contributed by atoms with Gasteiger partial charge in [-0.05, 0) is 29.8 Å². The summed E-state index contributed by atoms with van der Waals surface area (Å²) in [7, 11) is 0. The van der Waals surface area contributed by atoms with E-state index in [1.807, 2.05) is 30.3 Å². The molecule has 0 spiro atoms. The van der Waals surface area contributed by atoms with E-state index >= 15 is 0 Å². The van der Waals surface area contributed by atoms with Crippen LogP contribution in [0.4, 0.5) is 5.69 Å². The van der Waals surface area contributed by atoms with E-state index in [1.54, 1.807) is 23.9 Å². The topological polar surface area (TPSA) is 69.1 Å². The van der Waals surface area contributed by atoms with Gasteiger partial charge in [-0.15, -0.1) is 11.8 Å². The summed E-state index contributed by atoms with van der Waals surface area (Å²) in [6.45, 7) is 0. The van der Waals surface area contributed by atoms with Crippen molar-refractivity contribution >= 4 is 35.0 Å². The largest absolute Gasteiger partial charge is 0.398 e. The van der Waals surface area contributed by atoms with Crippen molar-refractivity contribution in [2.75, 3.05) is 5.73 Å². The highest BCUT2D eigenvalue weighted by atomic mass is 35.5. The Morgan fingerprint density at radius 1 is 1.21 bits per heavy atom. The number of hydrogen-bond acceptors (Lipinski definition) is 3. The molecular formula is C14H13ClN2OS. The van der Waals surface area contributed by atoms with Crippen LogP contribution in [0.25, 0.3) is 0 Å². The number of anilines is 1. The first-order chi connectivity index (χ1) is 9.08. The van der Waals surface area contributed by atoms with Crippen molar-refractivity contribution in [2.45, 2.75) is 10.6 Å². The molecule has 0 heterocycles. The summed E-state index contributed by atoms with van der Waals surface area (Å²) in [5.41, 5.74) is 12.8. The van der Waals surface area contributed by atoms with Gasteiger partial charge in [-0.25, -0.2) is 0 Å². The second-order valence-corrected chi connectivity index (χ2v) is 5.45. The molecule has 98 valence electrons. The maximum atomic E-state index is 11.2. The summed E-state index contributed by atoms with van der Waals surface area (Å²) in [4.78, 5) is 12.1. The molecule has 2 rings (SSSR count). The Hall–Kier alpha value is -1.65. The van der Waals surface area contributed by atoms with Gasteiger partial charge in [0.1, 0.15) is 0 Å². The van der Waals surface area contributed by atoms with Crippen LogP contribution in [0.2, 0.25) is 5.02 Å². The summed E-state index contributed by atoms with van der Waals surface area (Å²) in [5.74, 6) is 0.208. The average molecular weight is 293 g/mol. The molecule has 0 aliphatic heterocycles. The van der Waals surface area contributed by atoms with Crippen LogP contribution >= 0.6 is 23.4 Å². The number of carbonyl (C=O) groups is 1. The number of thioether (sulfide) groups is 1. The molecule has 3 nitrogen and oxygen atoms in total. The van der Waals surface area contributed by atoms with Crippen LogP contribution in [-0.4, -0.2) is 5.91 Å². The molecule has 1 amide bonds. The van der Waals surface area contributed by atoms with E-state index in [4.69, 9.17) is 23.1 Å². The van der Waals surface area contributed by atoms with Gasteiger partial charge in [0.2, 0.25) is 0 Å². The van der Waals surface area contributed by atoms with Gasteiger partial charge in [0.05, 0.1) is 5.56 Å². The average Bonchev–Trinajstić information content (AvgIpc) is 2.39. The lowest BCUT2D eigenvalue weighted by Crippen LogP contribution is -2.13. The SMILES string of the molecule is NC(=O)c1cc(SCc2ccccc2Cl)ccc1N. The van der Waals surface area contributed by atoms with Gasteiger partial charge >= 0.3 is 0 Å². The molecule has 0 unspecified atom stereocenters. The summed E-state index contributed by atoms with van der Waals surface area (Å²) in [5, 5.41) is 0.737. The van der Waals surface area contributed by atoms with Crippen LogP contribution in [0.1, 0.15) is 15.9 Å². The van der Waals surface area contributed by atoms with Crippen LogP contribution in [0.3, 0.4) is 0 Å². The third-order valence-electron chi connectivity index (χ3n) is 2.64. The van der Waals surface area contributed by atoms with Crippen molar-refractivity contribution in [1.82, 2.24) is 0 Å². The maximum absolute atomic E-state index is 11.2. The quantitative estimate of drug-likeness (QED) is 0.671. The number of nitrogens with two attached hydrogens (primary N) is 2. The molecule has 0 aromatic heterocycles. The number of benzene rings is 2. The summed E-state index contributed by atoms with van der Waals surface area (Å²) in [6, 6.07) is 12.9. The summed E-state index contributed by atoms with van der Waals surface area (Å²) in [6.07, 6.45) is 0. The van der Waals surface area contributed by atoms with Crippen LogP contribution in [0.15, 0.2) is 47.4 Å². The summed E-state index contributed by atoms with van der Waals surface area (Å²) >= 11 is 7.67. The zero-order valence-corrected chi connectivity index (χ0v) is 11.7. The maximum Gasteiger partial charge on any atom is 0.250 e. The van der Waals surface area contributed by atoms with E-state index in [0.717, 1.165) is 21.2 Å². The van der Waals surface area contributed by atoms with Crippen LogP contribution in [0.5, 0.6) is 0 Å². The zero-order chi connectivity index (χ0) is 13.8. The van der Waals surface area contributed by atoms with Crippen LogP contribution < -0.4 is 11.5 Å². The first kappa shape index (κ1) is 13.8. The van der Waals surface area contributed by atoms with Gasteiger partial charge in [-0.2, -0.15) is 0 Å². The lowest BCUT2D eigenvalue weighted by molar-refractivity contribution is 0.100. The predicted octanol–water partition coefficient (Wildman–Crippen LogP) is 3.31. The number of hydrogen-bond donors (Lipinski definition) is 2. The molecule has 0 aliphatic carbocycles. The number of primary amides is 1. The highest BCUT2D eigenvalue weighted by molar-refractivity contribution is 7.98. The van der Waals surface area contributed by atoms with E-state index in [2.05, 4.69) is 0 Å². The van der Waals surface area contributed by atoms with Gasteiger partial charge in [-0.1, -0.05) is 29.8 Å². The summed E-state index contributed by atoms with van der Waals surface area (Å²) < 4.78 is 0. The van der Waals surface area contributed by atoms with Crippen LogP contribution in [0, 0.1) is 0 Å². The molecule has 0 saturated heterocycles. The fraction of sp³-hybridized carbons (Fsp3) is 0.0714. The molecule has 19 heavy (non-hydrogen) atoms. The zero-order valence-electron chi connectivity index (χ0n) is 10.1. The molecule has 0 radical (unpaired) electrons. The van der Waals surface area contributed by atoms with E-state index in [1.165, 1.54) is 0 Å². The van der Waals surface area contributed by atoms with E-state index in [9.17, 15) is 4.79 Å². The number of amides is 1. The van der Waals surface area contributed by atoms with E-state index < -0.39 is 5.91 Å². The number of carbonyl (C=O) groups excluding carboxylic acids is 1. The van der Waals surface area contributed by atoms with Gasteiger partial charge in [0.25, 0.3) is 5.91 Å². The number of rotatable bonds is 4. The number of nitrogen functional groups attached to an aromatic ring is 1. The van der Waals surface area contributed by atoms with Crippen molar-refractivity contribution in [3.8, 4) is 0 Å². The molecule has 0 atom stereocenters. The van der Waals surface area contributed by atoms with Gasteiger partial charge in [0.15, 0.2) is 0 Å². The standard InChI is InChI=1S/C14H13ClN2OS/c15-12-4-2-1-3-9(12)8-19-10-5-6-13(16)11(7-10)14(17)18/h1-7H,8,16H2,(H2,17,18). The van der Waals surface area contributed by atoms with Crippen molar-refractivity contribution in [3.05, 3.63) is 58.6 Å². The molecule has 2 aromatic carbocycles. The molecule has 2 aromatic rings. The second kappa shape index (κ2) is 5.99. The molecular weight excluding hydrogens is 280 g/mol. The Kier molecular flexibility index (Phi) is 4.35. The smallest absolute Gasteiger partial charge is 0.250 e. The first-order valence-corrected chi connectivity index (χ1v) is 7.00. The Balaban J connectivity index is 2.14. The molecule has 0 fully saturated rings. The molecule has 0 aliphatic rings. The first-order valence-electron chi connectivity index (χ1n) is 5.63. The van der Waals surface area contributed by atoms with Crippen molar-refractivity contribution < 1.29 is 4.79 Å². The lowest BCUT2D eigenvalue weighted by Gasteiger charge is -2.07. The minimum Gasteiger partial charge on any atom is -0.398 e. The third-order valence-corrected chi connectivity index (χ3v) is 4.05. The Bertz CT molecular complexity index is 616. The molecule has 5 heteroatoms. The lowest BCUT2D eigenvalue weighted by atomic mass is 10.2. The van der Waals surface area contributed by atoms with E-state index in [0.29, 0.717) is 11.3 Å². The Labute approximate surface area is 120 Å². The minimum atomic E-state index is -0.516. The number of halogens is 1. The molecule has 0 saturated carbocycles. The van der Waals surface area contributed by atoms with Gasteiger partial charge in [0, 0.05) is 21.4 Å². The fourth-order valence-corrected chi connectivity index (χ4v) is 2.84. The van der Waals surface area contributed by atoms with Crippen molar-refractivity contribution in [2.24, 2.45) is 5.73 Å². The highest BCUT2D eigenvalue weighted by Gasteiger charge is 2.07. The Morgan fingerprint density at radius 2 is 1.95 bits per heavy atom. The monoisotopic (exact) mass is 292 g/mol. The van der Waals surface area contributed by atoms with E-state index in [-0.39, 0.29) is 0 Å². The highest BCUT2D eigenvalue weighted by Crippen LogP contribution is 2.28. The molecule has 0 bridgehead atoms. The van der Waals surface area contributed by atoms with Gasteiger partial charge in [-0.3, -0.25) is 4.79 Å². The van der Waals surface area contributed by atoms with Crippen LogP contribution in [-0.2, 0) is 5.75 Å². The fourth-order valence-electron chi connectivity index (χ4n) is 1.62. The predicted molar refractivity (Wildman–Crippen MR) is 80.4 cm³/mol. The van der Waals surface area contributed by atoms with Crippen molar-refractivity contribution in [1.29, 1.82) is 0 Å².